The molecule has 1 atom stereocenters. The van der Waals surface area contributed by atoms with Gasteiger partial charge in [-0.2, -0.15) is 5.10 Å². The highest BCUT2D eigenvalue weighted by Crippen LogP contribution is 2.32. The molecule has 1 heterocycles. The van der Waals surface area contributed by atoms with Gasteiger partial charge in [0, 0.05) is 25.7 Å². The first kappa shape index (κ1) is 24.9. The number of aryl methyl sites for hydroxylation is 1. The molecule has 1 N–H and O–H groups in total. The summed E-state index contributed by atoms with van der Waals surface area (Å²) in [6, 6.07) is 16.0. The van der Waals surface area contributed by atoms with Crippen LogP contribution in [-0.2, 0) is 17.7 Å². The van der Waals surface area contributed by atoms with Gasteiger partial charge in [0.15, 0.2) is 0 Å². The summed E-state index contributed by atoms with van der Waals surface area (Å²) in [5, 5.41) is 15.3. The van der Waals surface area contributed by atoms with Gasteiger partial charge in [0.2, 0.25) is 5.88 Å². The molecule has 0 bridgehead atoms. The molecule has 1 aromatic heterocycles. The zero-order valence-corrected chi connectivity index (χ0v) is 19.9. The predicted molar refractivity (Wildman–Crippen MR) is 127 cm³/mol. The fourth-order valence-electron chi connectivity index (χ4n) is 3.62. The largest absolute Gasteiger partial charge is 0.439 e. The minimum absolute atomic E-state index is 0.185. The number of hydrogen-bond donors (Lipinski definition) is 1. The van der Waals surface area contributed by atoms with E-state index in [4.69, 9.17) is 14.6 Å². The lowest BCUT2D eigenvalue weighted by atomic mass is 10.1. The molecule has 3 aromatic rings. The molecule has 0 aliphatic heterocycles. The van der Waals surface area contributed by atoms with Gasteiger partial charge in [0.1, 0.15) is 11.6 Å². The van der Waals surface area contributed by atoms with E-state index >= 15 is 0 Å². The number of halogens is 1. The fourth-order valence-corrected chi connectivity index (χ4v) is 3.62. The summed E-state index contributed by atoms with van der Waals surface area (Å²) in [6.45, 7) is 10.0. The molecular formula is C26H34FN3O3. The Morgan fingerprint density at radius 1 is 1.06 bits per heavy atom. The molecule has 0 spiro atoms. The highest BCUT2D eigenvalue weighted by molar-refractivity contribution is 5.43. The average Bonchev–Trinajstić information content (AvgIpc) is 3.16. The number of aliphatic hydroxyl groups is 1. The maximum Gasteiger partial charge on any atom is 0.227 e. The highest BCUT2D eigenvalue weighted by atomic mass is 19.1. The molecular weight excluding hydrogens is 421 g/mol. The van der Waals surface area contributed by atoms with E-state index in [2.05, 4.69) is 25.7 Å². The molecule has 0 fully saturated rings. The van der Waals surface area contributed by atoms with E-state index < -0.39 is 6.10 Å². The van der Waals surface area contributed by atoms with E-state index in [0.717, 1.165) is 23.4 Å². The van der Waals surface area contributed by atoms with Crippen molar-refractivity contribution < 1.29 is 19.0 Å². The SMILES string of the molecule is CCOC[C@H](O)CN(Cc1c(CC)nn(-c2ccccc2)c1Oc1ccc(F)cc1)C(C)C. The molecule has 0 radical (unpaired) electrons. The second-order valence-electron chi connectivity index (χ2n) is 8.22. The Kier molecular flexibility index (Phi) is 9.00. The molecule has 33 heavy (non-hydrogen) atoms. The van der Waals surface area contributed by atoms with Gasteiger partial charge in [0.25, 0.3) is 0 Å². The first-order valence-corrected chi connectivity index (χ1v) is 11.5. The zero-order chi connectivity index (χ0) is 23.8. The van der Waals surface area contributed by atoms with Crippen molar-refractivity contribution in [1.82, 2.24) is 14.7 Å². The Morgan fingerprint density at radius 2 is 1.76 bits per heavy atom. The van der Waals surface area contributed by atoms with Crippen LogP contribution in [0.25, 0.3) is 5.69 Å². The van der Waals surface area contributed by atoms with Crippen LogP contribution in [0, 0.1) is 5.82 Å². The van der Waals surface area contributed by atoms with Crippen molar-refractivity contribution in [3.05, 3.63) is 71.7 Å². The third-order valence-corrected chi connectivity index (χ3v) is 5.43. The summed E-state index contributed by atoms with van der Waals surface area (Å²) >= 11 is 0. The van der Waals surface area contributed by atoms with Crippen LogP contribution in [-0.4, -0.2) is 51.7 Å². The summed E-state index contributed by atoms with van der Waals surface area (Å²) in [4.78, 5) is 2.19. The van der Waals surface area contributed by atoms with Crippen LogP contribution in [0.2, 0.25) is 0 Å². The second kappa shape index (κ2) is 11.9. The monoisotopic (exact) mass is 455 g/mol. The van der Waals surface area contributed by atoms with E-state index in [0.29, 0.717) is 37.9 Å². The molecule has 0 unspecified atom stereocenters. The number of rotatable bonds is 12. The number of nitrogens with zero attached hydrogens (tertiary/aromatic N) is 3. The van der Waals surface area contributed by atoms with Gasteiger partial charge in [-0.25, -0.2) is 9.07 Å². The summed E-state index contributed by atoms with van der Waals surface area (Å²) < 4.78 is 27.0. The van der Waals surface area contributed by atoms with Crippen molar-refractivity contribution in [2.24, 2.45) is 0 Å². The number of benzene rings is 2. The van der Waals surface area contributed by atoms with Crippen LogP contribution in [0.3, 0.4) is 0 Å². The van der Waals surface area contributed by atoms with E-state index in [1.165, 1.54) is 12.1 Å². The van der Waals surface area contributed by atoms with Gasteiger partial charge in [-0.15, -0.1) is 0 Å². The van der Waals surface area contributed by atoms with Crippen molar-refractivity contribution in [2.75, 3.05) is 19.8 Å². The summed E-state index contributed by atoms with van der Waals surface area (Å²) in [5.41, 5.74) is 2.74. The van der Waals surface area contributed by atoms with Gasteiger partial charge in [-0.3, -0.25) is 4.90 Å². The van der Waals surface area contributed by atoms with Crippen molar-refractivity contribution in [3.8, 4) is 17.3 Å². The van der Waals surface area contributed by atoms with Crippen LogP contribution >= 0.6 is 0 Å². The zero-order valence-electron chi connectivity index (χ0n) is 19.9. The smallest absolute Gasteiger partial charge is 0.227 e. The molecule has 3 rings (SSSR count). The minimum Gasteiger partial charge on any atom is -0.439 e. The lowest BCUT2D eigenvalue weighted by Gasteiger charge is -2.29. The second-order valence-corrected chi connectivity index (χ2v) is 8.22. The number of aromatic nitrogens is 2. The number of aliphatic hydroxyl groups excluding tert-OH is 1. The minimum atomic E-state index is -0.594. The van der Waals surface area contributed by atoms with Crippen molar-refractivity contribution in [1.29, 1.82) is 0 Å². The van der Waals surface area contributed by atoms with E-state index in [-0.39, 0.29) is 11.9 Å². The Hall–Kier alpha value is -2.74. The van der Waals surface area contributed by atoms with Gasteiger partial charge in [-0.05, 0) is 63.6 Å². The molecule has 0 saturated heterocycles. The van der Waals surface area contributed by atoms with Crippen molar-refractivity contribution in [2.45, 2.75) is 52.8 Å². The van der Waals surface area contributed by atoms with Crippen molar-refractivity contribution in [3.63, 3.8) is 0 Å². The molecule has 178 valence electrons. The van der Waals surface area contributed by atoms with Gasteiger partial charge in [-0.1, -0.05) is 25.1 Å². The summed E-state index contributed by atoms with van der Waals surface area (Å²) in [6.07, 6.45) is 0.130. The lowest BCUT2D eigenvalue weighted by Crippen LogP contribution is -2.39. The van der Waals surface area contributed by atoms with Crippen LogP contribution < -0.4 is 4.74 Å². The van der Waals surface area contributed by atoms with Gasteiger partial charge < -0.3 is 14.6 Å². The molecule has 6 nitrogen and oxygen atoms in total. The lowest BCUT2D eigenvalue weighted by molar-refractivity contribution is 0.0131. The Labute approximate surface area is 195 Å². The van der Waals surface area contributed by atoms with Crippen molar-refractivity contribution >= 4 is 0 Å². The molecule has 7 heteroatoms. The predicted octanol–water partition coefficient (Wildman–Crippen LogP) is 4.97. The molecule has 0 aliphatic rings. The average molecular weight is 456 g/mol. The molecule has 0 aliphatic carbocycles. The van der Waals surface area contributed by atoms with Crippen LogP contribution in [0.4, 0.5) is 4.39 Å². The molecule has 0 amide bonds. The third-order valence-electron chi connectivity index (χ3n) is 5.43. The number of hydrogen-bond acceptors (Lipinski definition) is 5. The van der Waals surface area contributed by atoms with Gasteiger partial charge >= 0.3 is 0 Å². The Morgan fingerprint density at radius 3 is 2.36 bits per heavy atom. The Balaban J connectivity index is 2.00. The first-order valence-electron chi connectivity index (χ1n) is 11.5. The van der Waals surface area contributed by atoms with E-state index in [9.17, 15) is 9.50 Å². The Bertz CT molecular complexity index is 990. The standard InChI is InChI=1S/C26H34FN3O3/c1-5-25-24(17-29(19(3)4)16-22(31)18-32-6-2)26(33-23-14-12-20(27)13-15-23)30(28-25)21-10-8-7-9-11-21/h7-15,19,22,31H,5-6,16-18H2,1-4H3/t22-/m1/s1. The maximum absolute atomic E-state index is 13.5. The highest BCUT2D eigenvalue weighted by Gasteiger charge is 2.25. The number of ether oxygens (including phenoxy) is 2. The first-order chi connectivity index (χ1) is 15.9. The quantitative estimate of drug-likeness (QED) is 0.418. The van der Waals surface area contributed by atoms with Crippen LogP contribution in [0.15, 0.2) is 54.6 Å². The summed E-state index contributed by atoms with van der Waals surface area (Å²) in [5.74, 6) is 0.808. The summed E-state index contributed by atoms with van der Waals surface area (Å²) in [7, 11) is 0. The topological polar surface area (TPSA) is 59.8 Å². The van der Waals surface area contributed by atoms with Crippen LogP contribution in [0.1, 0.15) is 39.0 Å². The van der Waals surface area contributed by atoms with E-state index in [1.807, 2.05) is 37.3 Å². The third kappa shape index (κ3) is 6.63. The van der Waals surface area contributed by atoms with Gasteiger partial charge in [0.05, 0.1) is 29.7 Å². The maximum atomic E-state index is 13.5. The fraction of sp³-hybridized carbons (Fsp3) is 0.423. The molecule has 0 saturated carbocycles. The normalized spacial score (nSPS) is 12.5. The van der Waals surface area contributed by atoms with E-state index in [1.54, 1.807) is 16.8 Å². The molecule has 2 aromatic carbocycles. The number of para-hydroxylation sites is 1. The van der Waals surface area contributed by atoms with Crippen LogP contribution in [0.5, 0.6) is 11.6 Å².